The maximum absolute atomic E-state index is 11.0. The highest BCUT2D eigenvalue weighted by molar-refractivity contribution is 5.75. The van der Waals surface area contributed by atoms with Crippen LogP contribution in [0.25, 0.3) is 0 Å². The summed E-state index contributed by atoms with van der Waals surface area (Å²) in [4.78, 5) is 27.7. The molecule has 0 amide bonds. The van der Waals surface area contributed by atoms with Crippen LogP contribution < -0.4 is 5.56 Å². The molecule has 108 valence electrons. The first-order valence-electron chi connectivity index (χ1n) is 7.12. The lowest BCUT2D eigenvalue weighted by molar-refractivity contribution is -0.117. The summed E-state index contributed by atoms with van der Waals surface area (Å²) in [6, 6.07) is 0. The third kappa shape index (κ3) is 10.2. The van der Waals surface area contributed by atoms with E-state index in [1.54, 1.807) is 13.1 Å². The standard InChI is InChI=1S/C8H12N2O.C7H14O/c1-2-3-4-7-5-9-6-10-8(7)11;1-3-4-5-6-7(2)8/h5-6H,2-4H2,1H3,(H,9,10,11);3-6H2,1-2H3. The van der Waals surface area contributed by atoms with Gasteiger partial charge in [-0.3, -0.25) is 4.79 Å². The summed E-state index contributed by atoms with van der Waals surface area (Å²) < 4.78 is 0. The van der Waals surface area contributed by atoms with Gasteiger partial charge in [0.2, 0.25) is 0 Å². The second kappa shape index (κ2) is 11.6. The van der Waals surface area contributed by atoms with Gasteiger partial charge in [-0.1, -0.05) is 33.1 Å². The van der Waals surface area contributed by atoms with Crippen molar-refractivity contribution in [2.24, 2.45) is 0 Å². The number of unbranched alkanes of at least 4 members (excludes halogenated alkanes) is 3. The summed E-state index contributed by atoms with van der Waals surface area (Å²) in [6.45, 7) is 5.89. The monoisotopic (exact) mass is 266 g/mol. The zero-order chi connectivity index (χ0) is 14.5. The minimum atomic E-state index is -0.00606. The summed E-state index contributed by atoms with van der Waals surface area (Å²) in [5.74, 6) is 0.318. The van der Waals surface area contributed by atoms with Crippen molar-refractivity contribution in [1.29, 1.82) is 0 Å². The van der Waals surface area contributed by atoms with E-state index < -0.39 is 0 Å². The number of Topliss-reactive ketones (excluding diaryl/α,β-unsaturated/α-hetero) is 1. The quantitative estimate of drug-likeness (QED) is 0.770. The van der Waals surface area contributed by atoms with E-state index in [1.165, 1.54) is 19.2 Å². The van der Waals surface area contributed by atoms with E-state index >= 15 is 0 Å². The average molecular weight is 266 g/mol. The number of hydrogen-bond donors (Lipinski definition) is 1. The Morgan fingerprint density at radius 1 is 1.21 bits per heavy atom. The summed E-state index contributed by atoms with van der Waals surface area (Å²) >= 11 is 0. The van der Waals surface area contributed by atoms with Gasteiger partial charge in [0.05, 0.1) is 6.33 Å². The second-order valence-corrected chi connectivity index (χ2v) is 4.67. The predicted molar refractivity (Wildman–Crippen MR) is 78.3 cm³/mol. The minimum absolute atomic E-state index is 0.00606. The zero-order valence-electron chi connectivity index (χ0n) is 12.4. The first kappa shape index (κ1) is 17.6. The van der Waals surface area contributed by atoms with Crippen LogP contribution in [0.2, 0.25) is 0 Å². The highest BCUT2D eigenvalue weighted by Crippen LogP contribution is 1.98. The van der Waals surface area contributed by atoms with Gasteiger partial charge in [0.25, 0.3) is 5.56 Å². The Bertz CT molecular complexity index is 399. The molecule has 1 aromatic rings. The number of nitrogens with zero attached hydrogens (tertiary/aromatic N) is 1. The lowest BCUT2D eigenvalue weighted by atomic mass is 10.1. The average Bonchev–Trinajstić information content (AvgIpc) is 2.39. The van der Waals surface area contributed by atoms with Crippen LogP contribution in [0.1, 0.15) is 64.9 Å². The van der Waals surface area contributed by atoms with Crippen molar-refractivity contribution in [2.45, 2.75) is 65.7 Å². The van der Waals surface area contributed by atoms with Crippen LogP contribution >= 0.6 is 0 Å². The molecule has 0 radical (unpaired) electrons. The number of rotatable bonds is 7. The largest absolute Gasteiger partial charge is 0.313 e. The van der Waals surface area contributed by atoms with Crippen molar-refractivity contribution in [1.82, 2.24) is 9.97 Å². The molecule has 0 aliphatic rings. The Morgan fingerprint density at radius 2 is 1.89 bits per heavy atom. The van der Waals surface area contributed by atoms with Crippen molar-refractivity contribution >= 4 is 5.78 Å². The Balaban J connectivity index is 0.000000362. The number of aromatic nitrogens is 2. The SMILES string of the molecule is CCCCCC(C)=O.CCCCc1cnc[nH]c1=O. The maximum atomic E-state index is 11.0. The number of carbonyl (C=O) groups excluding carboxylic acids is 1. The number of nitrogens with one attached hydrogen (secondary N) is 1. The van der Waals surface area contributed by atoms with Gasteiger partial charge in [0.1, 0.15) is 5.78 Å². The molecule has 4 nitrogen and oxygen atoms in total. The molecule has 0 aliphatic heterocycles. The van der Waals surface area contributed by atoms with Crippen molar-refractivity contribution in [3.05, 3.63) is 28.4 Å². The van der Waals surface area contributed by atoms with Crippen LogP contribution in [0, 0.1) is 0 Å². The van der Waals surface area contributed by atoms with Crippen LogP contribution in [0.5, 0.6) is 0 Å². The number of aryl methyl sites for hydroxylation is 1. The molecule has 4 heteroatoms. The van der Waals surface area contributed by atoms with E-state index in [9.17, 15) is 9.59 Å². The van der Waals surface area contributed by atoms with Crippen LogP contribution in [0.4, 0.5) is 0 Å². The second-order valence-electron chi connectivity index (χ2n) is 4.67. The van der Waals surface area contributed by atoms with E-state index in [-0.39, 0.29) is 5.56 Å². The molecular weight excluding hydrogens is 240 g/mol. The molecule has 0 atom stereocenters. The molecule has 0 unspecified atom stereocenters. The molecule has 1 rings (SSSR count). The van der Waals surface area contributed by atoms with Crippen molar-refractivity contribution in [3.63, 3.8) is 0 Å². The van der Waals surface area contributed by atoms with Gasteiger partial charge in [-0.25, -0.2) is 4.98 Å². The van der Waals surface area contributed by atoms with Gasteiger partial charge < -0.3 is 9.78 Å². The number of ketones is 1. The summed E-state index contributed by atoms with van der Waals surface area (Å²) in [6.07, 6.45) is 10.3. The number of carbonyl (C=O) groups is 1. The molecule has 0 spiro atoms. The van der Waals surface area contributed by atoms with Gasteiger partial charge >= 0.3 is 0 Å². The topological polar surface area (TPSA) is 62.8 Å². The number of hydrogen-bond acceptors (Lipinski definition) is 3. The maximum Gasteiger partial charge on any atom is 0.253 e. The molecule has 0 saturated carbocycles. The summed E-state index contributed by atoms with van der Waals surface area (Å²) in [5, 5.41) is 0. The van der Waals surface area contributed by atoms with Gasteiger partial charge in [-0.15, -0.1) is 0 Å². The van der Waals surface area contributed by atoms with Crippen molar-refractivity contribution < 1.29 is 4.79 Å². The molecule has 1 aromatic heterocycles. The molecule has 0 fully saturated rings. The highest BCUT2D eigenvalue weighted by Gasteiger charge is 1.96. The lowest BCUT2D eigenvalue weighted by Crippen LogP contribution is -2.11. The molecule has 0 bridgehead atoms. The molecule has 1 heterocycles. The fourth-order valence-electron chi connectivity index (χ4n) is 1.54. The molecule has 0 aromatic carbocycles. The Hall–Kier alpha value is -1.45. The van der Waals surface area contributed by atoms with E-state index in [4.69, 9.17) is 0 Å². The third-order valence-corrected chi connectivity index (χ3v) is 2.72. The van der Waals surface area contributed by atoms with Crippen molar-refractivity contribution in [2.75, 3.05) is 0 Å². The number of H-pyrrole nitrogens is 1. The van der Waals surface area contributed by atoms with Gasteiger partial charge in [-0.2, -0.15) is 0 Å². The smallest absolute Gasteiger partial charge is 0.253 e. The number of aromatic amines is 1. The predicted octanol–water partition coefficient (Wildman–Crippen LogP) is 3.27. The Kier molecular flexibility index (Phi) is 10.7. The van der Waals surface area contributed by atoms with Crippen molar-refractivity contribution in [3.8, 4) is 0 Å². The zero-order valence-corrected chi connectivity index (χ0v) is 12.4. The van der Waals surface area contributed by atoms with Crippen LogP contribution in [-0.4, -0.2) is 15.8 Å². The molecule has 0 aliphatic carbocycles. The normalized spacial score (nSPS) is 9.63. The minimum Gasteiger partial charge on any atom is -0.313 e. The molecule has 19 heavy (non-hydrogen) atoms. The summed E-state index contributed by atoms with van der Waals surface area (Å²) in [7, 11) is 0. The van der Waals surface area contributed by atoms with E-state index in [2.05, 4.69) is 23.8 Å². The molecule has 1 N–H and O–H groups in total. The van der Waals surface area contributed by atoms with E-state index in [1.807, 2.05) is 0 Å². The molecular formula is C15H26N2O2. The first-order valence-corrected chi connectivity index (χ1v) is 7.12. The lowest BCUT2D eigenvalue weighted by Gasteiger charge is -1.94. The summed E-state index contributed by atoms with van der Waals surface area (Å²) in [5.41, 5.74) is 0.780. The van der Waals surface area contributed by atoms with Gasteiger partial charge in [0.15, 0.2) is 0 Å². The fraction of sp³-hybridized carbons (Fsp3) is 0.667. The van der Waals surface area contributed by atoms with Crippen LogP contribution in [0.3, 0.4) is 0 Å². The first-order chi connectivity index (χ1) is 9.11. The third-order valence-electron chi connectivity index (χ3n) is 2.72. The van der Waals surface area contributed by atoms with Gasteiger partial charge in [-0.05, 0) is 26.2 Å². The highest BCUT2D eigenvalue weighted by atomic mass is 16.1. The van der Waals surface area contributed by atoms with Crippen LogP contribution in [-0.2, 0) is 11.2 Å². The van der Waals surface area contributed by atoms with Crippen LogP contribution in [0.15, 0.2) is 17.3 Å². The molecule has 0 saturated heterocycles. The Labute approximate surface area is 115 Å². The van der Waals surface area contributed by atoms with E-state index in [0.717, 1.165) is 37.7 Å². The van der Waals surface area contributed by atoms with E-state index in [0.29, 0.717) is 5.78 Å². The van der Waals surface area contributed by atoms with Gasteiger partial charge in [0, 0.05) is 18.2 Å². The Morgan fingerprint density at radius 3 is 2.42 bits per heavy atom. The fourth-order valence-corrected chi connectivity index (χ4v) is 1.54.